The second kappa shape index (κ2) is 7.36. The second-order valence-electron chi connectivity index (χ2n) is 7.34. The maximum atomic E-state index is 13.3. The van der Waals surface area contributed by atoms with Crippen LogP contribution >= 0.6 is 0 Å². The number of benzene rings is 2. The molecule has 2 aromatic carbocycles. The fraction of sp³-hybridized carbons (Fsp3) is 0.429. The predicted molar refractivity (Wildman–Crippen MR) is 101 cm³/mol. The van der Waals surface area contributed by atoms with Crippen LogP contribution in [0.25, 0.3) is 0 Å². The van der Waals surface area contributed by atoms with E-state index in [-0.39, 0.29) is 29.9 Å². The predicted octanol–water partition coefficient (Wildman–Crippen LogP) is 2.93. The fourth-order valence-electron chi connectivity index (χ4n) is 4.18. The Morgan fingerprint density at radius 3 is 2.44 bits per heavy atom. The number of fused-ring (bicyclic) bond motifs is 1. The Labute approximate surface area is 159 Å². The lowest BCUT2D eigenvalue weighted by Crippen LogP contribution is -2.67. The Morgan fingerprint density at radius 2 is 1.78 bits per heavy atom. The minimum Gasteiger partial charge on any atom is -0.386 e. The highest BCUT2D eigenvalue weighted by Gasteiger charge is 2.62. The molecule has 2 aromatic rings. The highest BCUT2D eigenvalue weighted by Crippen LogP contribution is 2.50. The Balaban J connectivity index is 1.65. The molecule has 1 unspecified atom stereocenters. The van der Waals surface area contributed by atoms with Crippen molar-refractivity contribution >= 4 is 9.84 Å². The van der Waals surface area contributed by atoms with E-state index in [1.807, 2.05) is 30.3 Å². The molecule has 27 heavy (non-hydrogen) atoms. The van der Waals surface area contributed by atoms with Gasteiger partial charge in [-0.3, -0.25) is 0 Å². The third-order valence-corrected chi connectivity index (χ3v) is 7.65. The van der Waals surface area contributed by atoms with Gasteiger partial charge >= 0.3 is 0 Å². The van der Waals surface area contributed by atoms with Crippen molar-refractivity contribution in [1.29, 1.82) is 0 Å². The van der Waals surface area contributed by atoms with E-state index < -0.39 is 20.9 Å². The van der Waals surface area contributed by atoms with Crippen LogP contribution < -0.4 is 0 Å². The summed E-state index contributed by atoms with van der Waals surface area (Å²) in [6.45, 7) is 0.788. The molecule has 0 aromatic heterocycles. The molecule has 1 aliphatic carbocycles. The lowest BCUT2D eigenvalue weighted by molar-refractivity contribution is -0.246. The topological polar surface area (TPSA) is 72.8 Å². The Kier molecular flexibility index (Phi) is 5.07. The summed E-state index contributed by atoms with van der Waals surface area (Å²) in [7, 11) is -3.87. The molecule has 1 N–H and O–H groups in total. The van der Waals surface area contributed by atoms with Gasteiger partial charge in [0.1, 0.15) is 5.60 Å². The summed E-state index contributed by atoms with van der Waals surface area (Å²) in [5.41, 5.74) is -1.89. The first kappa shape index (κ1) is 18.6. The zero-order valence-electron chi connectivity index (χ0n) is 15.0. The highest BCUT2D eigenvalue weighted by atomic mass is 32.2. The van der Waals surface area contributed by atoms with Crippen molar-refractivity contribution in [3.63, 3.8) is 0 Å². The Morgan fingerprint density at radius 1 is 1.11 bits per heavy atom. The first-order valence-electron chi connectivity index (χ1n) is 9.30. The third-order valence-electron chi connectivity index (χ3n) is 5.62. The fourth-order valence-corrected chi connectivity index (χ4v) is 6.02. The van der Waals surface area contributed by atoms with E-state index in [9.17, 15) is 13.5 Å². The minimum absolute atomic E-state index is 0.0856. The largest absolute Gasteiger partial charge is 0.386 e. The molecule has 144 valence electrons. The van der Waals surface area contributed by atoms with Gasteiger partial charge < -0.3 is 14.6 Å². The van der Waals surface area contributed by atoms with Gasteiger partial charge in [-0.2, -0.15) is 0 Å². The molecule has 0 spiro atoms. The summed E-state index contributed by atoms with van der Waals surface area (Å²) >= 11 is 0. The summed E-state index contributed by atoms with van der Waals surface area (Å²) in [5, 5.41) is 11.4. The van der Waals surface area contributed by atoms with Crippen molar-refractivity contribution in [1.82, 2.24) is 0 Å². The molecule has 0 bridgehead atoms. The summed E-state index contributed by atoms with van der Waals surface area (Å²) in [6.07, 6.45) is 1.76. The minimum atomic E-state index is -3.87. The van der Waals surface area contributed by atoms with Crippen LogP contribution in [0, 0.1) is 5.92 Å². The molecular weight excluding hydrogens is 364 g/mol. The van der Waals surface area contributed by atoms with Crippen LogP contribution in [0.2, 0.25) is 0 Å². The average molecular weight is 388 g/mol. The molecule has 4 atom stereocenters. The van der Waals surface area contributed by atoms with Gasteiger partial charge in [-0.1, -0.05) is 48.5 Å². The number of rotatable bonds is 6. The van der Waals surface area contributed by atoms with Crippen molar-refractivity contribution in [2.24, 2.45) is 5.92 Å². The monoisotopic (exact) mass is 388 g/mol. The van der Waals surface area contributed by atoms with Gasteiger partial charge in [0.05, 0.1) is 17.6 Å². The molecule has 1 saturated carbocycles. The molecule has 1 saturated heterocycles. The van der Waals surface area contributed by atoms with Gasteiger partial charge in [-0.25, -0.2) is 8.42 Å². The number of hydrogen-bond acceptors (Lipinski definition) is 5. The average Bonchev–Trinajstić information content (AvgIpc) is 2.69. The number of aliphatic hydroxyl groups is 1. The molecule has 2 fully saturated rings. The number of hydrogen-bond donors (Lipinski definition) is 1. The van der Waals surface area contributed by atoms with Gasteiger partial charge in [0.25, 0.3) is 0 Å². The molecule has 5 nitrogen and oxygen atoms in total. The smallest absolute Gasteiger partial charge is 0.208 e. The van der Waals surface area contributed by atoms with Gasteiger partial charge in [0.2, 0.25) is 9.84 Å². The van der Waals surface area contributed by atoms with Crippen LogP contribution in [0.3, 0.4) is 0 Å². The molecule has 0 amide bonds. The standard InChI is InChI=1S/C21H24O5S/c22-21(14-19-18(21)12-7-13-25-19)20(26-15-16-8-3-1-4-9-16)27(23,24)17-10-5-2-6-11-17/h1-6,8-11,18-20,22H,7,12-15H2/t18-,19-,20?,21+/m0/s1. The van der Waals surface area contributed by atoms with Crippen molar-refractivity contribution in [2.45, 2.75) is 47.9 Å². The van der Waals surface area contributed by atoms with E-state index in [4.69, 9.17) is 9.47 Å². The van der Waals surface area contributed by atoms with Gasteiger partial charge in [-0.15, -0.1) is 0 Å². The Bertz CT molecular complexity index is 868. The first-order valence-corrected chi connectivity index (χ1v) is 10.8. The van der Waals surface area contributed by atoms with Crippen molar-refractivity contribution < 1.29 is 23.0 Å². The zero-order chi connectivity index (χ0) is 18.9. The van der Waals surface area contributed by atoms with Gasteiger partial charge in [0.15, 0.2) is 5.44 Å². The lowest BCUT2D eigenvalue weighted by Gasteiger charge is -2.55. The summed E-state index contributed by atoms with van der Waals surface area (Å²) in [6, 6.07) is 17.6. The third kappa shape index (κ3) is 3.43. The van der Waals surface area contributed by atoms with Crippen LogP contribution in [0.1, 0.15) is 24.8 Å². The molecule has 0 radical (unpaired) electrons. The molecule has 1 heterocycles. The lowest BCUT2D eigenvalue weighted by atomic mass is 9.64. The van der Waals surface area contributed by atoms with E-state index in [1.165, 1.54) is 0 Å². The summed E-state index contributed by atoms with van der Waals surface area (Å²) in [4.78, 5) is 0.164. The quantitative estimate of drug-likeness (QED) is 0.824. The van der Waals surface area contributed by atoms with Crippen molar-refractivity contribution in [2.75, 3.05) is 6.61 Å². The molecule has 4 rings (SSSR count). The maximum absolute atomic E-state index is 13.3. The van der Waals surface area contributed by atoms with E-state index in [0.717, 1.165) is 18.4 Å². The van der Waals surface area contributed by atoms with E-state index in [0.29, 0.717) is 6.61 Å². The van der Waals surface area contributed by atoms with Gasteiger partial charge in [-0.05, 0) is 30.5 Å². The SMILES string of the molecule is O=S(=O)(c1ccccc1)C(OCc1ccccc1)[C@@]1(O)C[C@@H]2OCCC[C@@H]21. The normalized spacial score (nSPS) is 28.8. The van der Waals surface area contributed by atoms with Crippen LogP contribution in [0.4, 0.5) is 0 Å². The molecule has 2 aliphatic rings. The summed E-state index contributed by atoms with van der Waals surface area (Å²) in [5.74, 6) is -0.217. The van der Waals surface area contributed by atoms with Crippen molar-refractivity contribution in [3.05, 3.63) is 66.2 Å². The van der Waals surface area contributed by atoms with Gasteiger partial charge in [0, 0.05) is 18.9 Å². The maximum Gasteiger partial charge on any atom is 0.208 e. The van der Waals surface area contributed by atoms with E-state index in [2.05, 4.69) is 0 Å². The van der Waals surface area contributed by atoms with E-state index >= 15 is 0 Å². The van der Waals surface area contributed by atoms with Crippen LogP contribution in [-0.4, -0.2) is 37.3 Å². The van der Waals surface area contributed by atoms with Crippen LogP contribution in [-0.2, 0) is 25.9 Å². The first-order chi connectivity index (χ1) is 13.0. The van der Waals surface area contributed by atoms with Crippen LogP contribution in [0.15, 0.2) is 65.6 Å². The highest BCUT2D eigenvalue weighted by molar-refractivity contribution is 7.92. The van der Waals surface area contributed by atoms with Crippen LogP contribution in [0.5, 0.6) is 0 Å². The Hall–Kier alpha value is -1.73. The number of sulfone groups is 1. The zero-order valence-corrected chi connectivity index (χ0v) is 15.8. The molecular formula is C21H24O5S. The van der Waals surface area contributed by atoms with Crippen molar-refractivity contribution in [3.8, 4) is 0 Å². The summed E-state index contributed by atoms with van der Waals surface area (Å²) < 4.78 is 38.3. The molecule has 6 heteroatoms. The second-order valence-corrected chi connectivity index (χ2v) is 9.33. The van der Waals surface area contributed by atoms with E-state index in [1.54, 1.807) is 30.3 Å². The molecule has 1 aliphatic heterocycles. The number of ether oxygens (including phenoxy) is 2.